The average molecular weight is 1580 g/mol. The topological polar surface area (TPSA) is 54.5 Å². The van der Waals surface area contributed by atoms with Crippen LogP contribution in [0.15, 0.2) is 89.3 Å². The largest absolute Gasteiger partial charge is 0.388 e. The second-order valence-corrected chi connectivity index (χ2v) is 52.0. The van der Waals surface area contributed by atoms with Crippen LogP contribution in [-0.4, -0.2) is 59.2 Å². The van der Waals surface area contributed by atoms with E-state index >= 15 is 0 Å². The standard InChI is InChI=1S/C15H28.C14H27N.C14H26.2C13H25N.2C13H24O.C13H24/c1-14(2,3)12-10-8-7-9-11-13(12)15(4,5)6;1-13(2,3)11-7-9-15-10-8-12(11)14(4,5)6;1-13(2,3)11-9-7-8-10-12(11)14(4,5)6;1-12(2,3)10-7-8-14-9-11(10)13(4,5)6;1-12(2,3)10-8-7-9-14-11(10)13(4,5)6;2*1-12(2,3)10-7-8-14-9-11(10)13(4,5)6;1-12(2,3)10-8-7-9-11(10)13(4,5)6/h7-11H2,1-6H3;15H,7-10H2,1-6H3;7-10H2,1-6H3;2*14H,7-9H2,1-6H3;2*7-9H2,1-6H3;7-9H2,1-6H3. The van der Waals surface area contributed by atoms with Crippen molar-refractivity contribution < 1.29 is 9.47 Å². The van der Waals surface area contributed by atoms with E-state index in [1.165, 1.54) is 126 Å². The summed E-state index contributed by atoms with van der Waals surface area (Å²) in [6, 6.07) is 0. The summed E-state index contributed by atoms with van der Waals surface area (Å²) >= 11 is 0. The smallest absolute Gasteiger partial charge is 0.0684 e. The molecule has 0 aromatic heterocycles. The Kier molecular flexibility index (Phi) is 40.7. The van der Waals surface area contributed by atoms with E-state index in [1.54, 1.807) is 72.5 Å². The first-order valence-electron chi connectivity index (χ1n) is 46.5. The Bertz CT molecular complexity index is 2610. The Morgan fingerprint density at radius 1 is 0.168 bits per heavy atom. The van der Waals surface area contributed by atoms with Crippen LogP contribution in [0.4, 0.5) is 0 Å². The lowest BCUT2D eigenvalue weighted by Gasteiger charge is -2.37. The van der Waals surface area contributed by atoms with Gasteiger partial charge in [-0.15, -0.1) is 0 Å². The number of ether oxygens (including phenoxy) is 2. The zero-order valence-electron chi connectivity index (χ0n) is 86.1. The monoisotopic (exact) mass is 1570 g/mol. The predicted octanol–water partition coefficient (Wildman–Crippen LogP) is 33.3. The number of nitrogens with one attached hydrogen (secondary N) is 3. The van der Waals surface area contributed by atoms with Crippen molar-refractivity contribution in [3.05, 3.63) is 89.3 Å². The Balaban J connectivity index is 0.000000646. The molecule has 8 rings (SSSR count). The molecule has 5 nitrogen and oxygen atoms in total. The van der Waals surface area contributed by atoms with Crippen LogP contribution in [0, 0.1) is 86.6 Å². The quantitative estimate of drug-likeness (QED) is 0.211. The molecule has 0 spiro atoms. The molecular formula is C108H203N3O2. The Morgan fingerprint density at radius 2 is 0.372 bits per heavy atom. The van der Waals surface area contributed by atoms with Crippen LogP contribution in [0.5, 0.6) is 0 Å². The molecule has 0 unspecified atom stereocenters. The molecule has 662 valence electrons. The molecule has 5 heteroatoms. The first-order valence-corrected chi connectivity index (χ1v) is 46.5. The van der Waals surface area contributed by atoms with Crippen LogP contribution in [-0.2, 0) is 9.47 Å². The zero-order chi connectivity index (χ0) is 88.6. The van der Waals surface area contributed by atoms with Crippen molar-refractivity contribution in [2.24, 2.45) is 86.6 Å². The van der Waals surface area contributed by atoms with Gasteiger partial charge in [-0.1, -0.05) is 406 Å². The third kappa shape index (κ3) is 38.0. The summed E-state index contributed by atoms with van der Waals surface area (Å²) in [6.45, 7) is 121. The highest BCUT2D eigenvalue weighted by molar-refractivity contribution is 5.33. The van der Waals surface area contributed by atoms with E-state index in [0.717, 1.165) is 72.0 Å². The van der Waals surface area contributed by atoms with Crippen molar-refractivity contribution in [1.82, 2.24) is 16.0 Å². The third-order valence-electron chi connectivity index (χ3n) is 24.8. The summed E-state index contributed by atoms with van der Waals surface area (Å²) in [4.78, 5) is 0. The van der Waals surface area contributed by atoms with Gasteiger partial charge >= 0.3 is 0 Å². The zero-order valence-corrected chi connectivity index (χ0v) is 86.1. The van der Waals surface area contributed by atoms with E-state index in [-0.39, 0.29) is 16.2 Å². The highest BCUT2D eigenvalue weighted by atomic mass is 16.5. The molecule has 5 aliphatic heterocycles. The molecule has 5 heterocycles. The maximum atomic E-state index is 5.58. The summed E-state index contributed by atoms with van der Waals surface area (Å²) in [5.74, 6) is 0. The molecule has 0 bridgehead atoms. The molecule has 0 fully saturated rings. The lowest BCUT2D eigenvalue weighted by molar-refractivity contribution is 0.123. The molecule has 3 aliphatic carbocycles. The Morgan fingerprint density at radius 3 is 0.593 bits per heavy atom. The van der Waals surface area contributed by atoms with Crippen LogP contribution >= 0.6 is 0 Å². The first kappa shape index (κ1) is 109. The fourth-order valence-corrected chi connectivity index (χ4v) is 18.8. The van der Waals surface area contributed by atoms with E-state index in [0.29, 0.717) is 70.4 Å². The fraction of sp³-hybridized carbons (Fsp3) is 0.852. The molecule has 8 aliphatic rings. The minimum atomic E-state index is 0.253. The lowest BCUT2D eigenvalue weighted by Crippen LogP contribution is -2.34. The number of allylic oxidation sites excluding steroid dienone is 8. The maximum Gasteiger partial charge on any atom is 0.0684 e. The van der Waals surface area contributed by atoms with Gasteiger partial charge in [-0.05, 0) is 233 Å². The average Bonchev–Trinajstić information content (AvgIpc) is 1.67. The van der Waals surface area contributed by atoms with Gasteiger partial charge in [0.05, 0.1) is 26.4 Å². The van der Waals surface area contributed by atoms with Crippen LogP contribution in [0.2, 0.25) is 0 Å². The number of hydrogen-bond acceptors (Lipinski definition) is 5. The van der Waals surface area contributed by atoms with Crippen LogP contribution in [0.1, 0.15) is 454 Å². The van der Waals surface area contributed by atoms with E-state index in [1.807, 2.05) is 0 Å². The third-order valence-corrected chi connectivity index (χ3v) is 24.8. The summed E-state index contributed by atoms with van der Waals surface area (Å²) in [7, 11) is 0. The molecule has 0 aromatic rings. The van der Waals surface area contributed by atoms with E-state index in [2.05, 4.69) is 348 Å². The summed E-state index contributed by atoms with van der Waals surface area (Å²) < 4.78 is 11.2. The van der Waals surface area contributed by atoms with Crippen LogP contribution in [0.25, 0.3) is 0 Å². The predicted molar refractivity (Wildman–Crippen MR) is 511 cm³/mol. The van der Waals surface area contributed by atoms with Gasteiger partial charge < -0.3 is 25.4 Å². The van der Waals surface area contributed by atoms with Gasteiger partial charge in [0, 0.05) is 24.2 Å². The van der Waals surface area contributed by atoms with Crippen molar-refractivity contribution in [3.8, 4) is 0 Å². The molecule has 0 saturated carbocycles. The highest BCUT2D eigenvalue weighted by Crippen LogP contribution is 2.50. The molecule has 3 N–H and O–H groups in total. The molecular weight excluding hydrogens is 1370 g/mol. The summed E-state index contributed by atoms with van der Waals surface area (Å²) in [5, 5.41) is 10.6. The van der Waals surface area contributed by atoms with Gasteiger partial charge in [-0.25, -0.2) is 0 Å². The lowest BCUT2D eigenvalue weighted by atomic mass is 9.69. The molecule has 0 aromatic carbocycles. The number of hydrogen-bond donors (Lipinski definition) is 3. The second kappa shape index (κ2) is 42.4. The van der Waals surface area contributed by atoms with Gasteiger partial charge in [0.15, 0.2) is 0 Å². The number of rotatable bonds is 0. The SMILES string of the molecule is CC(C)(C)C1=C(C(C)(C)C)CCC1.CC(C)(C)C1=C(C(C)(C)C)CCCC1.CC(C)(C)C1=C(C(C)(C)C)CCCCC1.CC(C)(C)C1=C(C(C)(C)C)CCNCC1.CC(C)(C)C1=C(C(C)(C)C)CNCC1.CC(C)(C)C1=C(C(C)(C)C)COCC1.CC(C)(C)C1=C(C(C)(C)C)COCC1.CC(C)(C)C1=C(C(C)(C)C)NCCC1. The minimum absolute atomic E-state index is 0.253. The van der Waals surface area contributed by atoms with Crippen molar-refractivity contribution in [1.29, 1.82) is 0 Å². The molecule has 0 radical (unpaired) electrons. The Labute approximate surface area is 710 Å². The van der Waals surface area contributed by atoms with E-state index in [9.17, 15) is 0 Å². The Hall–Kier alpha value is -2.44. The molecule has 113 heavy (non-hydrogen) atoms. The van der Waals surface area contributed by atoms with Gasteiger partial charge in [-0.2, -0.15) is 0 Å². The minimum Gasteiger partial charge on any atom is -0.388 e. The van der Waals surface area contributed by atoms with E-state index in [4.69, 9.17) is 9.47 Å². The van der Waals surface area contributed by atoms with Crippen molar-refractivity contribution in [3.63, 3.8) is 0 Å². The van der Waals surface area contributed by atoms with Gasteiger partial charge in [0.2, 0.25) is 0 Å². The van der Waals surface area contributed by atoms with Gasteiger partial charge in [-0.3, -0.25) is 0 Å². The van der Waals surface area contributed by atoms with Crippen molar-refractivity contribution in [2.75, 3.05) is 59.2 Å². The highest BCUT2D eigenvalue weighted by Gasteiger charge is 2.37. The molecule has 0 atom stereocenters. The van der Waals surface area contributed by atoms with Crippen molar-refractivity contribution in [2.45, 2.75) is 454 Å². The van der Waals surface area contributed by atoms with Gasteiger partial charge in [0.1, 0.15) is 0 Å². The van der Waals surface area contributed by atoms with Crippen molar-refractivity contribution >= 4 is 0 Å². The molecule has 0 amide bonds. The van der Waals surface area contributed by atoms with Crippen LogP contribution < -0.4 is 16.0 Å². The second-order valence-electron chi connectivity index (χ2n) is 52.0. The van der Waals surface area contributed by atoms with E-state index < -0.39 is 0 Å². The van der Waals surface area contributed by atoms with Gasteiger partial charge in [0.25, 0.3) is 0 Å². The normalized spacial score (nSPS) is 20.1. The summed E-state index contributed by atoms with van der Waals surface area (Å²) in [5.41, 5.74) is 31.7. The first-order chi connectivity index (χ1) is 50.3. The van der Waals surface area contributed by atoms with Crippen LogP contribution in [0.3, 0.4) is 0 Å². The maximum absolute atomic E-state index is 5.58. The fourth-order valence-electron chi connectivity index (χ4n) is 18.8. The summed E-state index contributed by atoms with van der Waals surface area (Å²) in [6.07, 6.45) is 24.8. The molecule has 0 saturated heterocycles.